The van der Waals surface area contributed by atoms with Gasteiger partial charge in [-0.1, -0.05) is 54.1 Å². The van der Waals surface area contributed by atoms with E-state index in [4.69, 9.17) is 0 Å². The second-order valence-corrected chi connectivity index (χ2v) is 6.56. The molecule has 24 heavy (non-hydrogen) atoms. The van der Waals surface area contributed by atoms with Crippen molar-refractivity contribution in [3.8, 4) is 0 Å². The Morgan fingerprint density at radius 3 is 2.67 bits per heavy atom. The van der Waals surface area contributed by atoms with E-state index in [1.165, 1.54) is 38.5 Å². The van der Waals surface area contributed by atoms with Gasteiger partial charge in [-0.3, -0.25) is 0 Å². The highest BCUT2D eigenvalue weighted by Crippen LogP contribution is 2.24. The van der Waals surface area contributed by atoms with Gasteiger partial charge < -0.3 is 10.3 Å². The first-order valence-corrected chi connectivity index (χ1v) is 8.50. The molecule has 4 aromatic rings. The van der Waals surface area contributed by atoms with Crippen molar-refractivity contribution in [3.63, 3.8) is 0 Å². The molecule has 0 unspecified atom stereocenters. The molecule has 0 fully saturated rings. The van der Waals surface area contributed by atoms with Crippen molar-refractivity contribution in [2.45, 2.75) is 26.4 Å². The second kappa shape index (κ2) is 6.14. The van der Waals surface area contributed by atoms with Gasteiger partial charge in [-0.05, 0) is 53.8 Å². The number of fused-ring (bicyclic) bond motifs is 2. The number of hydrogen-bond acceptors (Lipinski definition) is 1. The van der Waals surface area contributed by atoms with Crippen molar-refractivity contribution in [3.05, 3.63) is 83.6 Å². The van der Waals surface area contributed by atoms with E-state index in [0.717, 1.165) is 6.54 Å². The van der Waals surface area contributed by atoms with Crippen LogP contribution in [0.15, 0.2) is 66.7 Å². The molecule has 0 aliphatic heterocycles. The van der Waals surface area contributed by atoms with Crippen LogP contribution in [0.3, 0.4) is 0 Å². The average Bonchev–Trinajstić information content (AvgIpc) is 3.01. The van der Waals surface area contributed by atoms with E-state index in [-0.39, 0.29) is 0 Å². The van der Waals surface area contributed by atoms with Crippen LogP contribution in [0.5, 0.6) is 0 Å². The predicted octanol–water partition coefficient (Wildman–Crippen LogP) is 5.48. The Bertz CT molecular complexity index is 992. The minimum Gasteiger partial charge on any atom is -0.357 e. The van der Waals surface area contributed by atoms with Crippen molar-refractivity contribution < 1.29 is 0 Å². The number of benzene rings is 3. The van der Waals surface area contributed by atoms with Crippen LogP contribution in [0.2, 0.25) is 0 Å². The highest BCUT2D eigenvalue weighted by Gasteiger charge is 2.09. The molecule has 0 bridgehead atoms. The standard InChI is InChI=1S/C22H22N2/c1-15-10-11-22-18(12-15)13-19(24-22)14-23-16(2)20-9-5-7-17-6-3-4-8-21(17)20/h3-13,16,23-24H,14H2,1-2H3/t16-/m1/s1. The van der Waals surface area contributed by atoms with Gasteiger partial charge >= 0.3 is 0 Å². The number of H-pyrrole nitrogens is 1. The third-order valence-electron chi connectivity index (χ3n) is 4.72. The van der Waals surface area contributed by atoms with E-state index in [1.54, 1.807) is 0 Å². The zero-order valence-electron chi connectivity index (χ0n) is 14.1. The van der Waals surface area contributed by atoms with Gasteiger partial charge in [-0.2, -0.15) is 0 Å². The van der Waals surface area contributed by atoms with E-state index < -0.39 is 0 Å². The largest absolute Gasteiger partial charge is 0.357 e. The smallest absolute Gasteiger partial charge is 0.0456 e. The van der Waals surface area contributed by atoms with Gasteiger partial charge in [0.25, 0.3) is 0 Å². The quantitative estimate of drug-likeness (QED) is 0.513. The predicted molar refractivity (Wildman–Crippen MR) is 102 cm³/mol. The summed E-state index contributed by atoms with van der Waals surface area (Å²) in [5, 5.41) is 7.56. The molecule has 120 valence electrons. The van der Waals surface area contributed by atoms with E-state index >= 15 is 0 Å². The molecule has 0 amide bonds. The van der Waals surface area contributed by atoms with Crippen molar-refractivity contribution in [2.75, 3.05) is 0 Å². The molecule has 2 N–H and O–H groups in total. The van der Waals surface area contributed by atoms with Crippen molar-refractivity contribution in [2.24, 2.45) is 0 Å². The molecular formula is C22H22N2. The summed E-state index contributed by atoms with van der Waals surface area (Å²) in [6.45, 7) is 5.19. The Morgan fingerprint density at radius 1 is 0.917 bits per heavy atom. The van der Waals surface area contributed by atoms with Crippen LogP contribution < -0.4 is 5.32 Å². The van der Waals surface area contributed by atoms with Gasteiger partial charge in [-0.25, -0.2) is 0 Å². The van der Waals surface area contributed by atoms with Crippen molar-refractivity contribution in [1.82, 2.24) is 10.3 Å². The van der Waals surface area contributed by atoms with Gasteiger partial charge in [-0.15, -0.1) is 0 Å². The van der Waals surface area contributed by atoms with Gasteiger partial charge in [0, 0.05) is 23.8 Å². The molecule has 1 heterocycles. The third kappa shape index (κ3) is 2.81. The molecule has 0 saturated heterocycles. The van der Waals surface area contributed by atoms with Gasteiger partial charge in [0.05, 0.1) is 0 Å². The first-order chi connectivity index (χ1) is 11.7. The van der Waals surface area contributed by atoms with E-state index in [1.807, 2.05) is 0 Å². The zero-order valence-corrected chi connectivity index (χ0v) is 14.1. The van der Waals surface area contributed by atoms with E-state index in [0.29, 0.717) is 6.04 Å². The second-order valence-electron chi connectivity index (χ2n) is 6.56. The fourth-order valence-corrected chi connectivity index (χ4v) is 3.41. The Morgan fingerprint density at radius 2 is 1.75 bits per heavy atom. The molecule has 0 saturated carbocycles. The first-order valence-electron chi connectivity index (χ1n) is 8.50. The summed E-state index contributed by atoms with van der Waals surface area (Å²) in [6.07, 6.45) is 0. The van der Waals surface area contributed by atoms with Crippen molar-refractivity contribution in [1.29, 1.82) is 0 Å². The average molecular weight is 314 g/mol. The highest BCUT2D eigenvalue weighted by molar-refractivity contribution is 5.86. The summed E-state index contributed by atoms with van der Waals surface area (Å²) in [5.74, 6) is 0. The summed E-state index contributed by atoms with van der Waals surface area (Å²) in [4.78, 5) is 3.50. The van der Waals surface area contributed by atoms with Crippen LogP contribution in [0.1, 0.15) is 29.8 Å². The van der Waals surface area contributed by atoms with Crippen LogP contribution in [-0.4, -0.2) is 4.98 Å². The normalized spacial score (nSPS) is 12.8. The maximum atomic E-state index is 3.65. The summed E-state index contributed by atoms with van der Waals surface area (Å²) < 4.78 is 0. The Balaban J connectivity index is 1.55. The third-order valence-corrected chi connectivity index (χ3v) is 4.72. The lowest BCUT2D eigenvalue weighted by Gasteiger charge is -2.16. The fraction of sp³-hybridized carbons (Fsp3) is 0.182. The molecule has 1 atom stereocenters. The number of hydrogen-bond donors (Lipinski definition) is 2. The topological polar surface area (TPSA) is 27.8 Å². The number of aryl methyl sites for hydroxylation is 1. The summed E-state index contributed by atoms with van der Waals surface area (Å²) in [7, 11) is 0. The van der Waals surface area contributed by atoms with E-state index in [9.17, 15) is 0 Å². The lowest BCUT2D eigenvalue weighted by molar-refractivity contribution is 0.573. The lowest BCUT2D eigenvalue weighted by atomic mass is 10.00. The Kier molecular flexibility index (Phi) is 3.83. The maximum absolute atomic E-state index is 3.65. The highest BCUT2D eigenvalue weighted by atomic mass is 14.9. The SMILES string of the molecule is Cc1ccc2[nH]c(CN[C@H](C)c3cccc4ccccc34)cc2c1. The Labute approximate surface area is 142 Å². The summed E-state index contributed by atoms with van der Waals surface area (Å²) >= 11 is 0. The molecule has 0 aliphatic carbocycles. The number of rotatable bonds is 4. The minimum absolute atomic E-state index is 0.296. The molecule has 4 rings (SSSR count). The van der Waals surface area contributed by atoms with Gasteiger partial charge in [0.15, 0.2) is 0 Å². The van der Waals surface area contributed by atoms with Gasteiger partial charge in [0.2, 0.25) is 0 Å². The molecule has 3 aromatic carbocycles. The maximum Gasteiger partial charge on any atom is 0.0456 e. The fourth-order valence-electron chi connectivity index (χ4n) is 3.41. The molecule has 1 aromatic heterocycles. The Hall–Kier alpha value is -2.58. The lowest BCUT2D eigenvalue weighted by Crippen LogP contribution is -2.18. The molecule has 0 aliphatic rings. The van der Waals surface area contributed by atoms with Crippen LogP contribution in [0.4, 0.5) is 0 Å². The molecule has 0 spiro atoms. The monoisotopic (exact) mass is 314 g/mol. The number of aromatic amines is 1. The van der Waals surface area contributed by atoms with Crippen molar-refractivity contribution >= 4 is 21.7 Å². The minimum atomic E-state index is 0.296. The first kappa shape index (κ1) is 15.0. The molecule has 2 nitrogen and oxygen atoms in total. The van der Waals surface area contributed by atoms with Crippen LogP contribution in [0, 0.1) is 6.92 Å². The van der Waals surface area contributed by atoms with Crippen LogP contribution >= 0.6 is 0 Å². The summed E-state index contributed by atoms with van der Waals surface area (Å²) in [5.41, 5.74) is 5.07. The molecular weight excluding hydrogens is 292 g/mol. The number of aromatic nitrogens is 1. The van der Waals surface area contributed by atoms with Crippen LogP contribution in [-0.2, 0) is 6.54 Å². The molecule has 2 heteroatoms. The molecule has 0 radical (unpaired) electrons. The number of nitrogens with one attached hydrogen (secondary N) is 2. The summed E-state index contributed by atoms with van der Waals surface area (Å²) in [6, 6.07) is 24.2. The van der Waals surface area contributed by atoms with E-state index in [2.05, 4.69) is 90.9 Å². The zero-order chi connectivity index (χ0) is 16.5. The van der Waals surface area contributed by atoms with Crippen LogP contribution in [0.25, 0.3) is 21.7 Å². The van der Waals surface area contributed by atoms with Gasteiger partial charge in [0.1, 0.15) is 0 Å².